The van der Waals surface area contributed by atoms with Gasteiger partial charge in [0.25, 0.3) is 11.4 Å². The molecular formula is C24H21ClN4O4. The first-order valence-electron chi connectivity index (χ1n) is 10.1. The standard InChI is InChI=1S/C24H21ClN4O4/c1-14-11-15(2)29(13-20(30)26-18-12-17(25)9-10-19(18)32-3)24(31)21(14)23-27-22(28-33-23)16-7-5-4-6-8-16/h4-12H,13H2,1-3H3,(H,26,30). The Morgan fingerprint density at radius 3 is 2.64 bits per heavy atom. The Kier molecular flexibility index (Phi) is 6.28. The maximum Gasteiger partial charge on any atom is 0.264 e. The minimum absolute atomic E-state index is 0.0991. The van der Waals surface area contributed by atoms with Crippen LogP contribution >= 0.6 is 11.6 Å². The number of methoxy groups -OCH3 is 1. The maximum absolute atomic E-state index is 13.3. The van der Waals surface area contributed by atoms with Crippen molar-refractivity contribution in [1.29, 1.82) is 0 Å². The lowest BCUT2D eigenvalue weighted by molar-refractivity contribution is -0.116. The number of pyridine rings is 1. The first-order chi connectivity index (χ1) is 15.9. The van der Waals surface area contributed by atoms with Gasteiger partial charge in [0, 0.05) is 16.3 Å². The first kappa shape index (κ1) is 22.3. The number of halogens is 1. The highest BCUT2D eigenvalue weighted by molar-refractivity contribution is 6.31. The Hall–Kier alpha value is -3.91. The number of carbonyl (C=O) groups excluding carboxylic acids is 1. The topological polar surface area (TPSA) is 99.2 Å². The van der Waals surface area contributed by atoms with Crippen LogP contribution in [0.25, 0.3) is 22.8 Å². The Balaban J connectivity index is 1.65. The van der Waals surface area contributed by atoms with E-state index in [2.05, 4.69) is 15.5 Å². The van der Waals surface area contributed by atoms with E-state index in [0.29, 0.717) is 33.5 Å². The van der Waals surface area contributed by atoms with Gasteiger partial charge in [0.1, 0.15) is 17.9 Å². The molecule has 0 aliphatic carbocycles. The van der Waals surface area contributed by atoms with Crippen molar-refractivity contribution in [2.45, 2.75) is 20.4 Å². The normalized spacial score (nSPS) is 10.8. The number of rotatable bonds is 6. The molecule has 0 aliphatic heterocycles. The fraction of sp³-hybridized carbons (Fsp3) is 0.167. The lowest BCUT2D eigenvalue weighted by Crippen LogP contribution is -2.30. The number of anilines is 1. The molecule has 33 heavy (non-hydrogen) atoms. The molecule has 0 saturated carbocycles. The molecule has 4 aromatic rings. The van der Waals surface area contributed by atoms with Gasteiger partial charge in [-0.1, -0.05) is 47.1 Å². The number of carbonyl (C=O) groups is 1. The largest absolute Gasteiger partial charge is 0.495 e. The Morgan fingerprint density at radius 2 is 1.91 bits per heavy atom. The minimum Gasteiger partial charge on any atom is -0.495 e. The molecule has 0 aliphatic rings. The van der Waals surface area contributed by atoms with E-state index in [0.717, 1.165) is 5.56 Å². The van der Waals surface area contributed by atoms with E-state index in [1.54, 1.807) is 38.1 Å². The lowest BCUT2D eigenvalue weighted by Gasteiger charge is -2.14. The van der Waals surface area contributed by atoms with Crippen molar-refractivity contribution in [1.82, 2.24) is 14.7 Å². The molecule has 2 aromatic heterocycles. The van der Waals surface area contributed by atoms with Crippen molar-refractivity contribution in [3.63, 3.8) is 0 Å². The van der Waals surface area contributed by atoms with Gasteiger partial charge in [0.05, 0.1) is 12.8 Å². The summed E-state index contributed by atoms with van der Waals surface area (Å²) >= 11 is 6.03. The molecule has 0 radical (unpaired) electrons. The third-order valence-electron chi connectivity index (χ3n) is 5.11. The van der Waals surface area contributed by atoms with Crippen molar-refractivity contribution < 1.29 is 14.1 Å². The molecule has 1 amide bonds. The van der Waals surface area contributed by atoms with Crippen molar-refractivity contribution in [2.75, 3.05) is 12.4 Å². The number of nitrogens with zero attached hydrogens (tertiary/aromatic N) is 3. The van der Waals surface area contributed by atoms with Crippen molar-refractivity contribution in [2.24, 2.45) is 0 Å². The van der Waals surface area contributed by atoms with E-state index in [1.165, 1.54) is 11.7 Å². The number of benzene rings is 2. The fourth-order valence-corrected chi connectivity index (χ4v) is 3.70. The first-order valence-corrected chi connectivity index (χ1v) is 10.5. The van der Waals surface area contributed by atoms with Gasteiger partial charge in [0.2, 0.25) is 11.7 Å². The molecule has 0 unspecified atom stereocenters. The summed E-state index contributed by atoms with van der Waals surface area (Å²) in [6, 6.07) is 16.0. The molecule has 9 heteroatoms. The number of amides is 1. The number of hydrogen-bond donors (Lipinski definition) is 1. The Bertz CT molecular complexity index is 1380. The predicted molar refractivity (Wildman–Crippen MR) is 126 cm³/mol. The van der Waals surface area contributed by atoms with Crippen molar-refractivity contribution in [3.8, 4) is 28.6 Å². The Labute approximate surface area is 194 Å². The van der Waals surface area contributed by atoms with Gasteiger partial charge < -0.3 is 19.1 Å². The van der Waals surface area contributed by atoms with Crippen molar-refractivity contribution >= 4 is 23.2 Å². The summed E-state index contributed by atoms with van der Waals surface area (Å²) < 4.78 is 12.0. The van der Waals surface area contributed by atoms with Crippen LogP contribution in [0, 0.1) is 13.8 Å². The van der Waals surface area contributed by atoms with Gasteiger partial charge in [-0.05, 0) is 43.7 Å². The zero-order chi connectivity index (χ0) is 23.5. The third kappa shape index (κ3) is 4.65. The van der Waals surface area contributed by atoms with E-state index >= 15 is 0 Å². The van der Waals surface area contributed by atoms with Gasteiger partial charge in [-0.15, -0.1) is 0 Å². The lowest BCUT2D eigenvalue weighted by atomic mass is 10.1. The molecule has 1 N–H and O–H groups in total. The maximum atomic E-state index is 13.3. The van der Waals surface area contributed by atoms with Crippen LogP contribution in [-0.4, -0.2) is 27.7 Å². The average molecular weight is 465 g/mol. The summed E-state index contributed by atoms with van der Waals surface area (Å²) in [7, 11) is 1.49. The van der Waals surface area contributed by atoms with E-state index in [-0.39, 0.29) is 18.0 Å². The molecule has 4 rings (SSSR count). The fourth-order valence-electron chi connectivity index (χ4n) is 3.52. The van der Waals surface area contributed by atoms with Crippen LogP contribution < -0.4 is 15.6 Å². The summed E-state index contributed by atoms with van der Waals surface area (Å²) in [6.45, 7) is 3.33. The molecule has 0 fully saturated rings. The highest BCUT2D eigenvalue weighted by atomic mass is 35.5. The molecule has 2 aromatic carbocycles. The van der Waals surface area contributed by atoms with Crippen LogP contribution in [0.2, 0.25) is 5.02 Å². The number of nitrogens with one attached hydrogen (secondary N) is 1. The molecule has 8 nitrogen and oxygen atoms in total. The second-order valence-corrected chi connectivity index (χ2v) is 7.85. The number of hydrogen-bond acceptors (Lipinski definition) is 6. The van der Waals surface area contributed by atoms with E-state index < -0.39 is 11.5 Å². The molecule has 0 atom stereocenters. The minimum atomic E-state index is -0.411. The second kappa shape index (κ2) is 9.30. The van der Waals surface area contributed by atoms with Crippen LogP contribution in [0.3, 0.4) is 0 Å². The molecule has 0 bridgehead atoms. The van der Waals surface area contributed by atoms with Crippen molar-refractivity contribution in [3.05, 3.63) is 81.2 Å². The highest BCUT2D eigenvalue weighted by Crippen LogP contribution is 2.28. The quantitative estimate of drug-likeness (QED) is 0.451. The SMILES string of the molecule is COc1ccc(Cl)cc1NC(=O)Cn1c(C)cc(C)c(-c2nc(-c3ccccc3)no2)c1=O. The summed E-state index contributed by atoms with van der Waals surface area (Å²) in [5.74, 6) is 0.524. The van der Waals surface area contributed by atoms with E-state index in [1.807, 2.05) is 30.3 Å². The highest BCUT2D eigenvalue weighted by Gasteiger charge is 2.20. The van der Waals surface area contributed by atoms with Crippen LogP contribution in [-0.2, 0) is 11.3 Å². The van der Waals surface area contributed by atoms with E-state index in [9.17, 15) is 9.59 Å². The summed E-state index contributed by atoms with van der Waals surface area (Å²) in [5, 5.41) is 7.19. The van der Waals surface area contributed by atoms with Gasteiger partial charge >= 0.3 is 0 Å². The molecule has 0 saturated heterocycles. The molecule has 168 valence electrons. The van der Waals surface area contributed by atoms with Crippen LogP contribution in [0.5, 0.6) is 5.75 Å². The third-order valence-corrected chi connectivity index (χ3v) is 5.35. The smallest absolute Gasteiger partial charge is 0.264 e. The monoisotopic (exact) mass is 464 g/mol. The van der Waals surface area contributed by atoms with E-state index in [4.69, 9.17) is 20.9 Å². The van der Waals surface area contributed by atoms with Gasteiger partial charge in [-0.25, -0.2) is 0 Å². The van der Waals surface area contributed by atoms with Gasteiger partial charge in [-0.3, -0.25) is 9.59 Å². The van der Waals surface area contributed by atoms with Gasteiger partial charge in [-0.2, -0.15) is 4.98 Å². The average Bonchev–Trinajstić information content (AvgIpc) is 3.27. The molecular weight excluding hydrogens is 444 g/mol. The summed E-state index contributed by atoms with van der Waals surface area (Å²) in [4.78, 5) is 30.5. The number of aryl methyl sites for hydroxylation is 2. The summed E-state index contributed by atoms with van der Waals surface area (Å²) in [6.07, 6.45) is 0. The number of ether oxygens (including phenoxy) is 1. The number of aromatic nitrogens is 3. The zero-order valence-electron chi connectivity index (χ0n) is 18.3. The Morgan fingerprint density at radius 1 is 1.15 bits per heavy atom. The van der Waals surface area contributed by atoms with Crippen LogP contribution in [0.4, 0.5) is 5.69 Å². The second-order valence-electron chi connectivity index (χ2n) is 7.42. The zero-order valence-corrected chi connectivity index (χ0v) is 19.0. The molecule has 0 spiro atoms. The molecule has 2 heterocycles. The van der Waals surface area contributed by atoms with Crippen LogP contribution in [0.1, 0.15) is 11.3 Å². The van der Waals surface area contributed by atoms with Gasteiger partial charge in [0.15, 0.2) is 0 Å². The predicted octanol–water partition coefficient (Wildman–Crippen LogP) is 4.48. The summed E-state index contributed by atoms with van der Waals surface area (Å²) in [5.41, 5.74) is 2.34. The van der Waals surface area contributed by atoms with Crippen LogP contribution in [0.15, 0.2) is 63.9 Å².